The number of fused-ring (bicyclic) bond motifs is 1. The monoisotopic (exact) mass is 687 g/mol. The number of nitrogens with zero attached hydrogens (tertiary/aromatic N) is 2. The number of aldehydes is 1. The van der Waals surface area contributed by atoms with E-state index in [9.17, 15) is 4.79 Å². The van der Waals surface area contributed by atoms with Gasteiger partial charge in [0.15, 0.2) is 6.29 Å². The van der Waals surface area contributed by atoms with Gasteiger partial charge in [0, 0.05) is 12.6 Å². The number of carbonyl (C=O) groups excluding carboxylic acids is 1. The molecule has 1 aliphatic carbocycles. The van der Waals surface area contributed by atoms with Gasteiger partial charge in [0.1, 0.15) is 12.4 Å². The molecule has 0 bridgehead atoms. The first-order valence-corrected chi connectivity index (χ1v) is 20.1. The Morgan fingerprint density at radius 2 is 1.45 bits per heavy atom. The second kappa shape index (κ2) is 35.4. The van der Waals surface area contributed by atoms with Crippen LogP contribution in [0.15, 0.2) is 53.6 Å². The van der Waals surface area contributed by atoms with Crippen molar-refractivity contribution in [3.8, 4) is 5.75 Å². The van der Waals surface area contributed by atoms with Gasteiger partial charge in [0.25, 0.3) is 0 Å². The maximum Gasteiger partial charge on any atom is 0.167 e. The van der Waals surface area contributed by atoms with Crippen LogP contribution < -0.4 is 9.64 Å². The zero-order valence-electron chi connectivity index (χ0n) is 34.6. The molecule has 1 aromatic rings. The van der Waals surface area contributed by atoms with Crippen molar-refractivity contribution in [2.24, 2.45) is 10.9 Å². The first-order chi connectivity index (χ1) is 23.6. The Kier molecular flexibility index (Phi) is 36.9. The van der Waals surface area contributed by atoms with Gasteiger partial charge in [-0.25, -0.2) is 0 Å². The fourth-order valence-corrected chi connectivity index (χ4v) is 5.05. The fraction of sp³-hybridized carbons (Fsp3) is 0.727. The van der Waals surface area contributed by atoms with E-state index in [2.05, 4.69) is 61.5 Å². The largest absolute Gasteiger partial charge is 0.490 e. The van der Waals surface area contributed by atoms with E-state index in [0.29, 0.717) is 12.3 Å². The molecule has 1 N–H and O–H groups in total. The van der Waals surface area contributed by atoms with Gasteiger partial charge in [-0.3, -0.25) is 9.79 Å². The Balaban J connectivity index is -0.000000587. The van der Waals surface area contributed by atoms with E-state index in [4.69, 9.17) is 9.84 Å². The van der Waals surface area contributed by atoms with Crippen molar-refractivity contribution in [3.63, 3.8) is 0 Å². The minimum absolute atomic E-state index is 0.417. The molecule has 5 nitrogen and oxygen atoms in total. The van der Waals surface area contributed by atoms with Gasteiger partial charge in [-0.2, -0.15) is 0 Å². The molecule has 1 aliphatic heterocycles. The van der Waals surface area contributed by atoms with E-state index in [1.54, 1.807) is 12.2 Å². The maximum atomic E-state index is 10.5. The minimum Gasteiger partial charge on any atom is -0.490 e. The molecule has 1 heterocycles. The first-order valence-electron chi connectivity index (χ1n) is 20.1. The fourth-order valence-electron chi connectivity index (χ4n) is 5.05. The van der Waals surface area contributed by atoms with Gasteiger partial charge in [0.05, 0.1) is 23.5 Å². The maximum absolute atomic E-state index is 10.5. The van der Waals surface area contributed by atoms with Crippen molar-refractivity contribution in [1.29, 1.82) is 0 Å². The number of hydrogen-bond acceptors (Lipinski definition) is 5. The van der Waals surface area contributed by atoms with Crippen LogP contribution in [0, 0.1) is 5.92 Å². The summed E-state index contributed by atoms with van der Waals surface area (Å²) in [5.41, 5.74) is 2.34. The zero-order chi connectivity index (χ0) is 37.9. The molecule has 49 heavy (non-hydrogen) atoms. The van der Waals surface area contributed by atoms with E-state index in [-0.39, 0.29) is 0 Å². The van der Waals surface area contributed by atoms with E-state index in [1.807, 2.05) is 62.3 Å². The van der Waals surface area contributed by atoms with Gasteiger partial charge in [-0.1, -0.05) is 139 Å². The summed E-state index contributed by atoms with van der Waals surface area (Å²) in [5.74, 6) is 1.99. The van der Waals surface area contributed by atoms with Crippen molar-refractivity contribution >= 4 is 17.7 Å². The quantitative estimate of drug-likeness (QED) is 0.0915. The highest BCUT2D eigenvalue weighted by molar-refractivity contribution is 6.33. The number of aliphatic imine (C=N–C) groups is 1. The summed E-state index contributed by atoms with van der Waals surface area (Å²) in [6.07, 6.45) is 22.3. The summed E-state index contributed by atoms with van der Waals surface area (Å²) < 4.78 is 5.72. The number of benzene rings is 1. The topological polar surface area (TPSA) is 62.1 Å². The highest BCUT2D eigenvalue weighted by Crippen LogP contribution is 2.36. The van der Waals surface area contributed by atoms with Crippen molar-refractivity contribution in [1.82, 2.24) is 0 Å². The summed E-state index contributed by atoms with van der Waals surface area (Å²) in [5, 5.41) is 9.13. The summed E-state index contributed by atoms with van der Waals surface area (Å²) in [6, 6.07) is 9.20. The first kappa shape index (κ1) is 51.0. The molecule has 1 saturated carbocycles. The highest BCUT2D eigenvalue weighted by atomic mass is 16.5. The third-order valence-corrected chi connectivity index (χ3v) is 8.76. The molecule has 0 spiro atoms. The molecule has 5 heteroatoms. The van der Waals surface area contributed by atoms with Crippen LogP contribution in [0.4, 0.5) is 5.69 Å². The number of anilines is 1. The minimum atomic E-state index is -0.417. The van der Waals surface area contributed by atoms with Gasteiger partial charge < -0.3 is 14.7 Å². The molecule has 0 saturated heterocycles. The molecule has 3 rings (SSSR count). The Labute approximate surface area is 306 Å². The number of aliphatic hydroxyl groups is 1. The van der Waals surface area contributed by atoms with E-state index < -0.39 is 5.60 Å². The second-order valence-corrected chi connectivity index (χ2v) is 12.9. The number of hydrogen-bond donors (Lipinski definition) is 1. The molecular formula is C44H82N2O3. The average Bonchev–Trinajstić information content (AvgIpc) is 3.15. The van der Waals surface area contributed by atoms with Gasteiger partial charge in [-0.05, 0) is 88.5 Å². The Hall–Kier alpha value is -2.40. The standard InChI is InChI=1S/C15H21NO.C10H15NO.C9H20.C6H14O.2C2H6/c1-12-6-8-13(9-7-12)16-10-11-17-15-5-3-2-4-14(15)16;1-4-6-11-10(8-12)7-9(3)5-2;1-3-5-7-9-8-6-4-2;1-4-6(3,7)5-2;2*1-2/h2-5,12-13H,6-11H2,1H3;5,7-8H,2,4,6H2,1,3H3;3-9H2,1-2H3;7H,4-5H2,1-3H3;2*1-2H3/b;9-7-,11-10?;;;;. The van der Waals surface area contributed by atoms with E-state index in [0.717, 1.165) is 62.0 Å². The molecule has 0 aromatic heterocycles. The van der Waals surface area contributed by atoms with Crippen LogP contribution in [-0.4, -0.2) is 48.4 Å². The van der Waals surface area contributed by atoms with Crippen LogP contribution >= 0.6 is 0 Å². The van der Waals surface area contributed by atoms with Crippen LogP contribution in [0.3, 0.4) is 0 Å². The van der Waals surface area contributed by atoms with Gasteiger partial charge in [-0.15, -0.1) is 0 Å². The average molecular weight is 687 g/mol. The lowest BCUT2D eigenvalue weighted by atomic mass is 9.86. The summed E-state index contributed by atoms with van der Waals surface area (Å²) in [7, 11) is 0. The number of para-hydroxylation sites is 2. The predicted molar refractivity (Wildman–Crippen MR) is 221 cm³/mol. The number of unbranched alkanes of at least 4 members (excludes halogenated alkanes) is 6. The molecule has 0 atom stereocenters. The van der Waals surface area contributed by atoms with Gasteiger partial charge >= 0.3 is 0 Å². The molecule has 286 valence electrons. The Bertz CT molecular complexity index is 933. The van der Waals surface area contributed by atoms with Crippen molar-refractivity contribution in [2.45, 2.75) is 185 Å². The number of rotatable bonds is 14. The molecule has 1 aromatic carbocycles. The molecule has 1 fully saturated rings. The molecule has 0 unspecified atom stereocenters. The van der Waals surface area contributed by atoms with Crippen LogP contribution in [-0.2, 0) is 4.79 Å². The van der Waals surface area contributed by atoms with E-state index in [1.165, 1.54) is 76.3 Å². The highest BCUT2D eigenvalue weighted by Gasteiger charge is 2.27. The molecular weight excluding hydrogens is 604 g/mol. The molecule has 0 amide bonds. The summed E-state index contributed by atoms with van der Waals surface area (Å²) in [4.78, 5) is 17.1. The van der Waals surface area contributed by atoms with E-state index >= 15 is 0 Å². The smallest absolute Gasteiger partial charge is 0.167 e. The number of ether oxygens (including phenoxy) is 1. The van der Waals surface area contributed by atoms with Gasteiger partial charge in [0.2, 0.25) is 0 Å². The summed E-state index contributed by atoms with van der Waals surface area (Å²) in [6.45, 7) is 30.8. The molecule has 2 aliphatic rings. The number of allylic oxidation sites excluding steroid dienone is 3. The SMILES string of the molecule is C=C/C(C)=C\C(C=O)=NCCC.CC.CC.CC1CCC(N2CCOc3ccccc32)CC1.CCC(C)(O)CC.CCCCCCCCC. The van der Waals surface area contributed by atoms with Crippen LogP contribution in [0.5, 0.6) is 5.75 Å². The predicted octanol–water partition coefficient (Wildman–Crippen LogP) is 13.0. The Morgan fingerprint density at radius 1 is 0.918 bits per heavy atom. The normalized spacial score (nSPS) is 16.8. The number of carbonyl (C=O) groups is 1. The lowest BCUT2D eigenvalue weighted by Gasteiger charge is -2.40. The van der Waals surface area contributed by atoms with Crippen LogP contribution in [0.25, 0.3) is 0 Å². The lowest BCUT2D eigenvalue weighted by molar-refractivity contribution is -0.102. The van der Waals surface area contributed by atoms with Crippen molar-refractivity contribution in [2.75, 3.05) is 24.6 Å². The second-order valence-electron chi connectivity index (χ2n) is 12.9. The Morgan fingerprint density at radius 3 is 1.90 bits per heavy atom. The third-order valence-electron chi connectivity index (χ3n) is 8.76. The lowest BCUT2D eigenvalue weighted by Crippen LogP contribution is -2.42. The van der Waals surface area contributed by atoms with Crippen molar-refractivity contribution in [3.05, 3.63) is 48.6 Å². The molecule has 0 radical (unpaired) electrons. The summed E-state index contributed by atoms with van der Waals surface area (Å²) >= 11 is 0. The van der Waals surface area contributed by atoms with Crippen molar-refractivity contribution < 1.29 is 14.6 Å². The van der Waals surface area contributed by atoms with Crippen LogP contribution in [0.1, 0.15) is 173 Å². The van der Waals surface area contributed by atoms with Crippen LogP contribution in [0.2, 0.25) is 0 Å². The third kappa shape index (κ3) is 27.1. The zero-order valence-corrected chi connectivity index (χ0v) is 34.6.